The monoisotopic (exact) mass is 206 g/mol. The van der Waals surface area contributed by atoms with E-state index in [0.29, 0.717) is 17.6 Å². The summed E-state index contributed by atoms with van der Waals surface area (Å²) in [4.78, 5) is 12.3. The first-order valence-corrected chi connectivity index (χ1v) is 6.41. The van der Waals surface area contributed by atoms with Gasteiger partial charge in [-0.1, -0.05) is 38.8 Å². The number of carbonyl (C=O) groups excluding carboxylic acids is 1. The van der Waals surface area contributed by atoms with Crippen LogP contribution in [0.25, 0.3) is 0 Å². The molecule has 0 amide bonds. The Balaban J connectivity index is 2.34. The molecule has 2 aliphatic rings. The zero-order chi connectivity index (χ0) is 10.9. The van der Waals surface area contributed by atoms with Crippen molar-refractivity contribution in [3.8, 4) is 0 Å². The molecule has 0 aromatic rings. The normalized spacial score (nSPS) is 41.1. The van der Waals surface area contributed by atoms with Crippen LogP contribution in [0, 0.1) is 17.3 Å². The van der Waals surface area contributed by atoms with E-state index >= 15 is 0 Å². The summed E-state index contributed by atoms with van der Waals surface area (Å²) < 4.78 is 0. The van der Waals surface area contributed by atoms with Crippen molar-refractivity contribution in [3.63, 3.8) is 0 Å². The van der Waals surface area contributed by atoms with Crippen LogP contribution in [-0.4, -0.2) is 5.78 Å². The highest BCUT2D eigenvalue weighted by atomic mass is 16.1. The van der Waals surface area contributed by atoms with E-state index in [0.717, 1.165) is 32.1 Å². The first kappa shape index (κ1) is 10.9. The fourth-order valence-corrected chi connectivity index (χ4v) is 3.72. The van der Waals surface area contributed by atoms with Crippen LogP contribution in [0.2, 0.25) is 0 Å². The molecule has 0 N–H and O–H groups in total. The maximum atomic E-state index is 12.3. The lowest BCUT2D eigenvalue weighted by Gasteiger charge is -2.47. The molecule has 0 saturated heterocycles. The largest absolute Gasteiger partial charge is 0.299 e. The lowest BCUT2D eigenvalue weighted by Crippen LogP contribution is -2.46. The van der Waals surface area contributed by atoms with Crippen LogP contribution >= 0.6 is 0 Å². The molecule has 1 spiro atoms. The maximum Gasteiger partial charge on any atom is 0.139 e. The highest BCUT2D eigenvalue weighted by Gasteiger charge is 2.49. The molecule has 0 heterocycles. The fourth-order valence-electron chi connectivity index (χ4n) is 3.72. The molecular weight excluding hydrogens is 184 g/mol. The molecule has 0 bridgehead atoms. The van der Waals surface area contributed by atoms with Gasteiger partial charge in [0, 0.05) is 11.8 Å². The van der Waals surface area contributed by atoms with Crippen molar-refractivity contribution in [2.24, 2.45) is 17.3 Å². The average Bonchev–Trinajstić information content (AvgIpc) is 2.25. The van der Waals surface area contributed by atoms with Gasteiger partial charge in [-0.2, -0.15) is 0 Å². The summed E-state index contributed by atoms with van der Waals surface area (Å²) >= 11 is 0. The van der Waals surface area contributed by atoms with Crippen LogP contribution in [0.1, 0.15) is 52.4 Å². The quantitative estimate of drug-likeness (QED) is 0.597. The topological polar surface area (TPSA) is 17.1 Å². The van der Waals surface area contributed by atoms with Crippen molar-refractivity contribution in [2.45, 2.75) is 52.4 Å². The highest BCUT2D eigenvalue weighted by Crippen LogP contribution is 2.51. The smallest absolute Gasteiger partial charge is 0.139 e. The number of Topliss-reactive ketones (excluding diaryl/α,β-unsaturated/α-hetero) is 1. The predicted molar refractivity (Wildman–Crippen MR) is 62.6 cm³/mol. The Morgan fingerprint density at radius 1 is 1.47 bits per heavy atom. The summed E-state index contributed by atoms with van der Waals surface area (Å²) in [6.45, 7) is 4.47. The molecule has 15 heavy (non-hydrogen) atoms. The summed E-state index contributed by atoms with van der Waals surface area (Å²) in [7, 11) is 0. The third-order valence-corrected chi connectivity index (χ3v) is 4.64. The van der Waals surface area contributed by atoms with Crippen molar-refractivity contribution < 1.29 is 4.79 Å². The first-order chi connectivity index (χ1) is 7.21. The Morgan fingerprint density at radius 3 is 2.93 bits per heavy atom. The first-order valence-electron chi connectivity index (χ1n) is 6.41. The van der Waals surface area contributed by atoms with Crippen molar-refractivity contribution in [2.75, 3.05) is 0 Å². The number of ketones is 1. The van der Waals surface area contributed by atoms with E-state index in [4.69, 9.17) is 0 Å². The Hall–Kier alpha value is -0.590. The van der Waals surface area contributed by atoms with Crippen LogP contribution in [0.4, 0.5) is 0 Å². The molecule has 0 radical (unpaired) electrons. The SMILES string of the molecule is CCC1CC=CC(C)C12CCCCC2=O. The minimum absolute atomic E-state index is 0.0156. The van der Waals surface area contributed by atoms with Gasteiger partial charge in [-0.05, 0) is 31.1 Å². The zero-order valence-electron chi connectivity index (χ0n) is 9.96. The van der Waals surface area contributed by atoms with Gasteiger partial charge in [-0.15, -0.1) is 0 Å². The number of hydrogen-bond donors (Lipinski definition) is 0. The van der Waals surface area contributed by atoms with Crippen LogP contribution in [-0.2, 0) is 4.79 Å². The number of carbonyl (C=O) groups is 1. The Morgan fingerprint density at radius 2 is 2.27 bits per heavy atom. The number of rotatable bonds is 1. The Labute approximate surface area is 92.9 Å². The molecule has 2 rings (SSSR count). The molecule has 1 fully saturated rings. The molecule has 2 aliphatic carbocycles. The summed E-state index contributed by atoms with van der Waals surface area (Å²) in [5.74, 6) is 1.62. The number of hydrogen-bond acceptors (Lipinski definition) is 1. The van der Waals surface area contributed by atoms with E-state index in [2.05, 4.69) is 26.0 Å². The van der Waals surface area contributed by atoms with Gasteiger partial charge in [0.2, 0.25) is 0 Å². The molecule has 84 valence electrons. The molecule has 0 aromatic carbocycles. The molecule has 3 atom stereocenters. The van der Waals surface area contributed by atoms with Gasteiger partial charge in [-0.3, -0.25) is 4.79 Å². The molecule has 1 saturated carbocycles. The van der Waals surface area contributed by atoms with Crippen molar-refractivity contribution in [3.05, 3.63) is 12.2 Å². The van der Waals surface area contributed by atoms with Gasteiger partial charge < -0.3 is 0 Å². The predicted octanol–water partition coefficient (Wildman–Crippen LogP) is 3.74. The lowest BCUT2D eigenvalue weighted by atomic mass is 9.55. The molecule has 1 heteroatoms. The summed E-state index contributed by atoms with van der Waals surface area (Å²) in [5, 5.41) is 0. The molecular formula is C14H22O. The van der Waals surface area contributed by atoms with E-state index in [1.165, 1.54) is 6.42 Å². The van der Waals surface area contributed by atoms with Crippen LogP contribution in [0.3, 0.4) is 0 Å². The second kappa shape index (κ2) is 4.11. The van der Waals surface area contributed by atoms with Gasteiger partial charge in [0.25, 0.3) is 0 Å². The van der Waals surface area contributed by atoms with Crippen LogP contribution in [0.5, 0.6) is 0 Å². The minimum Gasteiger partial charge on any atom is -0.299 e. The molecule has 0 aliphatic heterocycles. The average molecular weight is 206 g/mol. The summed E-state index contributed by atoms with van der Waals surface area (Å²) in [5.41, 5.74) is 0.0156. The molecule has 1 nitrogen and oxygen atoms in total. The van der Waals surface area contributed by atoms with Crippen molar-refractivity contribution in [1.29, 1.82) is 0 Å². The van der Waals surface area contributed by atoms with Gasteiger partial charge in [-0.25, -0.2) is 0 Å². The van der Waals surface area contributed by atoms with Gasteiger partial charge in [0.15, 0.2) is 0 Å². The van der Waals surface area contributed by atoms with E-state index in [9.17, 15) is 4.79 Å². The highest BCUT2D eigenvalue weighted by molar-refractivity contribution is 5.86. The van der Waals surface area contributed by atoms with E-state index in [-0.39, 0.29) is 5.41 Å². The lowest BCUT2D eigenvalue weighted by molar-refractivity contribution is -0.138. The second-order valence-electron chi connectivity index (χ2n) is 5.23. The third kappa shape index (κ3) is 1.56. The molecule has 0 aromatic heterocycles. The van der Waals surface area contributed by atoms with E-state index in [1.54, 1.807) is 0 Å². The number of allylic oxidation sites excluding steroid dienone is 2. The van der Waals surface area contributed by atoms with Crippen LogP contribution < -0.4 is 0 Å². The van der Waals surface area contributed by atoms with Gasteiger partial charge in [0.1, 0.15) is 5.78 Å². The van der Waals surface area contributed by atoms with Crippen molar-refractivity contribution in [1.82, 2.24) is 0 Å². The second-order valence-corrected chi connectivity index (χ2v) is 5.23. The minimum atomic E-state index is 0.0156. The third-order valence-electron chi connectivity index (χ3n) is 4.64. The van der Waals surface area contributed by atoms with Crippen molar-refractivity contribution >= 4 is 5.78 Å². The summed E-state index contributed by atoms with van der Waals surface area (Å²) in [6.07, 6.45) is 11.2. The Kier molecular flexibility index (Phi) is 2.99. The maximum absolute atomic E-state index is 12.3. The fraction of sp³-hybridized carbons (Fsp3) is 0.786. The Bertz CT molecular complexity index is 279. The van der Waals surface area contributed by atoms with Crippen LogP contribution in [0.15, 0.2) is 12.2 Å². The van der Waals surface area contributed by atoms with E-state index in [1.807, 2.05) is 0 Å². The zero-order valence-corrected chi connectivity index (χ0v) is 9.96. The molecule has 3 unspecified atom stereocenters. The standard InChI is InChI=1S/C14H22O/c1-3-12-8-6-7-11(2)14(12)10-5-4-9-13(14)15/h6-7,11-12H,3-5,8-10H2,1-2H3. The summed E-state index contributed by atoms with van der Waals surface area (Å²) in [6, 6.07) is 0. The van der Waals surface area contributed by atoms with Gasteiger partial charge >= 0.3 is 0 Å². The van der Waals surface area contributed by atoms with Gasteiger partial charge in [0.05, 0.1) is 0 Å². The van der Waals surface area contributed by atoms with E-state index < -0.39 is 0 Å².